The minimum Gasteiger partial charge on any atom is -0.493 e. The number of amides is 1. The summed E-state index contributed by atoms with van der Waals surface area (Å²) in [5.41, 5.74) is 0.450. The SMILES string of the molecule is COc1cc(C(=O)NC[C@H]2CCCO2)cc(Cl)c1OCCC(C)C. The fourth-order valence-corrected chi connectivity index (χ4v) is 2.77. The monoisotopic (exact) mass is 355 g/mol. The molecule has 0 radical (unpaired) electrons. The number of carbonyl (C=O) groups excluding carboxylic acids is 1. The van der Waals surface area contributed by atoms with Crippen molar-refractivity contribution in [3.63, 3.8) is 0 Å². The molecule has 2 rings (SSSR count). The summed E-state index contributed by atoms with van der Waals surface area (Å²) in [5.74, 6) is 1.29. The molecule has 1 N–H and O–H groups in total. The molecule has 1 fully saturated rings. The van der Waals surface area contributed by atoms with Crippen molar-refractivity contribution in [1.29, 1.82) is 0 Å². The van der Waals surface area contributed by atoms with Crippen molar-refractivity contribution in [2.75, 3.05) is 26.9 Å². The molecule has 0 bridgehead atoms. The van der Waals surface area contributed by atoms with Gasteiger partial charge in [-0.05, 0) is 37.3 Å². The Hall–Kier alpha value is -1.46. The quantitative estimate of drug-likeness (QED) is 0.772. The number of ether oxygens (including phenoxy) is 3. The second-order valence-corrected chi connectivity index (χ2v) is 6.77. The number of nitrogens with one attached hydrogen (secondary N) is 1. The Balaban J connectivity index is 2.02. The highest BCUT2D eigenvalue weighted by atomic mass is 35.5. The summed E-state index contributed by atoms with van der Waals surface area (Å²) in [5, 5.41) is 3.25. The van der Waals surface area contributed by atoms with E-state index in [4.69, 9.17) is 25.8 Å². The molecule has 1 atom stereocenters. The van der Waals surface area contributed by atoms with Gasteiger partial charge in [0.2, 0.25) is 0 Å². The van der Waals surface area contributed by atoms with E-state index in [0.29, 0.717) is 41.2 Å². The zero-order valence-corrected chi connectivity index (χ0v) is 15.3. The van der Waals surface area contributed by atoms with Gasteiger partial charge in [-0.3, -0.25) is 4.79 Å². The molecular weight excluding hydrogens is 330 g/mol. The summed E-state index contributed by atoms with van der Waals surface area (Å²) < 4.78 is 16.6. The fraction of sp³-hybridized carbons (Fsp3) is 0.611. The van der Waals surface area contributed by atoms with Gasteiger partial charge in [-0.25, -0.2) is 0 Å². The van der Waals surface area contributed by atoms with Gasteiger partial charge < -0.3 is 19.5 Å². The van der Waals surface area contributed by atoms with E-state index in [9.17, 15) is 4.79 Å². The van der Waals surface area contributed by atoms with Crippen molar-refractivity contribution in [2.45, 2.75) is 39.2 Å². The maximum atomic E-state index is 12.3. The largest absolute Gasteiger partial charge is 0.493 e. The van der Waals surface area contributed by atoms with Gasteiger partial charge in [-0.2, -0.15) is 0 Å². The Kier molecular flexibility index (Phi) is 7.18. The number of hydrogen-bond acceptors (Lipinski definition) is 4. The summed E-state index contributed by atoms with van der Waals surface area (Å²) in [6.45, 7) is 6.08. The van der Waals surface area contributed by atoms with Crippen LogP contribution in [-0.2, 0) is 4.74 Å². The van der Waals surface area contributed by atoms with Crippen molar-refractivity contribution >= 4 is 17.5 Å². The number of halogens is 1. The van der Waals surface area contributed by atoms with Gasteiger partial charge in [-0.15, -0.1) is 0 Å². The third-order valence-electron chi connectivity index (χ3n) is 3.95. The van der Waals surface area contributed by atoms with Crippen LogP contribution in [0.1, 0.15) is 43.5 Å². The van der Waals surface area contributed by atoms with Crippen LogP contribution in [0.5, 0.6) is 11.5 Å². The molecule has 0 saturated carbocycles. The van der Waals surface area contributed by atoms with Crippen molar-refractivity contribution in [2.24, 2.45) is 5.92 Å². The van der Waals surface area contributed by atoms with Crippen molar-refractivity contribution < 1.29 is 19.0 Å². The fourth-order valence-electron chi connectivity index (χ4n) is 2.50. The normalized spacial score (nSPS) is 17.1. The summed E-state index contributed by atoms with van der Waals surface area (Å²) in [6.07, 6.45) is 3.04. The Morgan fingerprint density at radius 3 is 2.88 bits per heavy atom. The molecule has 1 aliphatic rings. The van der Waals surface area contributed by atoms with E-state index in [0.717, 1.165) is 25.9 Å². The lowest BCUT2D eigenvalue weighted by Gasteiger charge is -2.15. The lowest BCUT2D eigenvalue weighted by atomic mass is 10.1. The first-order valence-corrected chi connectivity index (χ1v) is 8.79. The van der Waals surface area contributed by atoms with E-state index in [2.05, 4.69) is 19.2 Å². The topological polar surface area (TPSA) is 56.8 Å². The van der Waals surface area contributed by atoms with E-state index in [1.807, 2.05) is 0 Å². The first-order chi connectivity index (χ1) is 11.5. The Bertz CT molecular complexity index is 556. The molecule has 1 aliphatic heterocycles. The van der Waals surface area contributed by atoms with Crippen LogP contribution in [0.4, 0.5) is 0 Å². The first-order valence-electron chi connectivity index (χ1n) is 8.41. The molecule has 0 spiro atoms. The highest BCUT2D eigenvalue weighted by Gasteiger charge is 2.19. The molecule has 0 aliphatic carbocycles. The molecule has 0 aromatic heterocycles. The predicted molar refractivity (Wildman–Crippen MR) is 94.3 cm³/mol. The van der Waals surface area contributed by atoms with Crippen molar-refractivity contribution in [1.82, 2.24) is 5.32 Å². The van der Waals surface area contributed by atoms with E-state index in [-0.39, 0.29) is 12.0 Å². The van der Waals surface area contributed by atoms with Crippen LogP contribution >= 0.6 is 11.6 Å². The number of benzene rings is 1. The lowest BCUT2D eigenvalue weighted by molar-refractivity contribution is 0.0857. The van der Waals surface area contributed by atoms with Crippen LogP contribution in [-0.4, -0.2) is 38.9 Å². The average molecular weight is 356 g/mol. The summed E-state index contributed by atoms with van der Waals surface area (Å²) in [4.78, 5) is 12.3. The summed E-state index contributed by atoms with van der Waals surface area (Å²) >= 11 is 6.29. The van der Waals surface area contributed by atoms with Crippen molar-refractivity contribution in [3.8, 4) is 11.5 Å². The first kappa shape index (κ1) is 18.9. The van der Waals surface area contributed by atoms with Crippen LogP contribution < -0.4 is 14.8 Å². The zero-order valence-electron chi connectivity index (χ0n) is 14.6. The molecule has 1 aromatic rings. The molecule has 6 heteroatoms. The minimum atomic E-state index is -0.195. The van der Waals surface area contributed by atoms with Gasteiger partial charge >= 0.3 is 0 Å². The molecule has 1 amide bonds. The van der Waals surface area contributed by atoms with Crippen LogP contribution in [0.15, 0.2) is 12.1 Å². The Morgan fingerprint density at radius 1 is 1.46 bits per heavy atom. The minimum absolute atomic E-state index is 0.102. The standard InChI is InChI=1S/C18H26ClNO4/c1-12(2)6-8-24-17-15(19)9-13(10-16(17)22-3)18(21)20-11-14-5-4-7-23-14/h9-10,12,14H,4-8,11H2,1-3H3,(H,20,21)/t14-/m1/s1. The maximum absolute atomic E-state index is 12.3. The molecule has 1 aromatic carbocycles. The second-order valence-electron chi connectivity index (χ2n) is 6.37. The number of rotatable bonds is 8. The third-order valence-corrected chi connectivity index (χ3v) is 4.23. The van der Waals surface area contributed by atoms with Crippen LogP contribution in [0, 0.1) is 5.92 Å². The predicted octanol–water partition coefficient (Wildman–Crippen LogP) is 3.68. The molecule has 1 heterocycles. The highest BCUT2D eigenvalue weighted by Crippen LogP contribution is 2.36. The van der Waals surface area contributed by atoms with E-state index >= 15 is 0 Å². The number of methoxy groups -OCH3 is 1. The van der Waals surface area contributed by atoms with Gasteiger partial charge in [0.15, 0.2) is 11.5 Å². The van der Waals surface area contributed by atoms with Crippen LogP contribution in [0.25, 0.3) is 0 Å². The summed E-state index contributed by atoms with van der Waals surface area (Å²) in [6, 6.07) is 3.26. The molecule has 0 unspecified atom stereocenters. The molecule has 24 heavy (non-hydrogen) atoms. The molecule has 134 valence electrons. The van der Waals surface area contributed by atoms with Crippen LogP contribution in [0.2, 0.25) is 5.02 Å². The van der Waals surface area contributed by atoms with Crippen LogP contribution in [0.3, 0.4) is 0 Å². The lowest BCUT2D eigenvalue weighted by Crippen LogP contribution is -2.31. The average Bonchev–Trinajstić information content (AvgIpc) is 3.06. The van der Waals surface area contributed by atoms with Gasteiger partial charge in [-0.1, -0.05) is 25.4 Å². The smallest absolute Gasteiger partial charge is 0.251 e. The second kappa shape index (κ2) is 9.14. The number of carbonyl (C=O) groups is 1. The van der Waals surface area contributed by atoms with Gasteiger partial charge in [0.05, 0.1) is 24.8 Å². The Labute approximate surface area is 148 Å². The summed E-state index contributed by atoms with van der Waals surface area (Å²) in [7, 11) is 1.54. The molecule has 1 saturated heterocycles. The zero-order chi connectivity index (χ0) is 17.5. The van der Waals surface area contributed by atoms with Gasteiger partial charge in [0, 0.05) is 18.7 Å². The highest BCUT2D eigenvalue weighted by molar-refractivity contribution is 6.32. The molecular formula is C18H26ClNO4. The van der Waals surface area contributed by atoms with E-state index < -0.39 is 0 Å². The van der Waals surface area contributed by atoms with Gasteiger partial charge in [0.1, 0.15) is 0 Å². The third kappa shape index (κ3) is 5.28. The maximum Gasteiger partial charge on any atom is 0.251 e. The molecule has 5 nitrogen and oxygen atoms in total. The van der Waals surface area contributed by atoms with E-state index in [1.54, 1.807) is 12.1 Å². The Morgan fingerprint density at radius 2 is 2.25 bits per heavy atom. The van der Waals surface area contributed by atoms with Crippen molar-refractivity contribution in [3.05, 3.63) is 22.7 Å². The van der Waals surface area contributed by atoms with Gasteiger partial charge in [0.25, 0.3) is 5.91 Å². The van der Waals surface area contributed by atoms with E-state index in [1.165, 1.54) is 7.11 Å². The number of hydrogen-bond donors (Lipinski definition) is 1.